The van der Waals surface area contributed by atoms with Gasteiger partial charge in [0.1, 0.15) is 11.8 Å². The van der Waals surface area contributed by atoms with Crippen molar-refractivity contribution in [1.82, 2.24) is 19.9 Å². The van der Waals surface area contributed by atoms with Gasteiger partial charge in [-0.05, 0) is 18.9 Å². The van der Waals surface area contributed by atoms with Gasteiger partial charge in [-0.3, -0.25) is 9.78 Å². The first kappa shape index (κ1) is 16.0. The number of aromatic nitrogens is 3. The molecule has 25 heavy (non-hydrogen) atoms. The summed E-state index contributed by atoms with van der Waals surface area (Å²) in [7, 11) is 0. The number of pyridine rings is 1. The summed E-state index contributed by atoms with van der Waals surface area (Å²) < 4.78 is 12.0. The molecule has 0 unspecified atom stereocenters. The third kappa shape index (κ3) is 3.46. The van der Waals surface area contributed by atoms with Gasteiger partial charge >= 0.3 is 0 Å². The molecule has 1 atom stereocenters. The van der Waals surface area contributed by atoms with Crippen LogP contribution in [0.4, 0.5) is 0 Å². The minimum Gasteiger partial charge on any atom is -0.472 e. The fourth-order valence-corrected chi connectivity index (χ4v) is 3.50. The molecule has 2 aliphatic heterocycles. The molecule has 1 amide bonds. The molecular formula is C18H20N4O3. The average Bonchev–Trinajstić information content (AvgIpc) is 3.05. The van der Waals surface area contributed by atoms with E-state index in [9.17, 15) is 4.79 Å². The standard InChI is InChI=1S/C18H20N4O3/c23-17(15-12-19-7-8-20-15)22-9-4-18(5-10-22)11-14(13-24-18)25-16-3-1-2-6-21-16/h1-3,6-8,12,14H,4-5,9-11,13H2/t14-/m1/s1. The van der Waals surface area contributed by atoms with Crippen molar-refractivity contribution in [1.29, 1.82) is 0 Å². The summed E-state index contributed by atoms with van der Waals surface area (Å²) in [5, 5.41) is 0. The van der Waals surface area contributed by atoms with Crippen LogP contribution in [0.1, 0.15) is 29.8 Å². The van der Waals surface area contributed by atoms with E-state index in [1.165, 1.54) is 12.4 Å². The number of ether oxygens (including phenoxy) is 2. The van der Waals surface area contributed by atoms with E-state index in [-0.39, 0.29) is 17.6 Å². The lowest BCUT2D eigenvalue weighted by Gasteiger charge is -2.38. The summed E-state index contributed by atoms with van der Waals surface area (Å²) >= 11 is 0. The van der Waals surface area contributed by atoms with Gasteiger partial charge in [-0.2, -0.15) is 0 Å². The van der Waals surface area contributed by atoms with Gasteiger partial charge in [-0.15, -0.1) is 0 Å². The van der Waals surface area contributed by atoms with Gasteiger partial charge in [0.2, 0.25) is 5.88 Å². The Morgan fingerprint density at radius 1 is 1.20 bits per heavy atom. The highest BCUT2D eigenvalue weighted by Crippen LogP contribution is 2.37. The van der Waals surface area contributed by atoms with Crippen molar-refractivity contribution in [3.63, 3.8) is 0 Å². The van der Waals surface area contributed by atoms with Crippen molar-refractivity contribution in [2.75, 3.05) is 19.7 Å². The largest absolute Gasteiger partial charge is 0.472 e. The summed E-state index contributed by atoms with van der Waals surface area (Å²) in [4.78, 5) is 26.5. The second kappa shape index (κ2) is 6.76. The number of piperidine rings is 1. The van der Waals surface area contributed by atoms with E-state index >= 15 is 0 Å². The fraction of sp³-hybridized carbons (Fsp3) is 0.444. The fourth-order valence-electron chi connectivity index (χ4n) is 3.50. The lowest BCUT2D eigenvalue weighted by atomic mass is 9.88. The molecule has 7 heteroatoms. The normalized spacial score (nSPS) is 22.1. The molecule has 0 aliphatic carbocycles. The molecule has 7 nitrogen and oxygen atoms in total. The second-order valence-electron chi connectivity index (χ2n) is 6.49. The predicted octanol–water partition coefficient (Wildman–Crippen LogP) is 1.71. The lowest BCUT2D eigenvalue weighted by molar-refractivity contribution is -0.0396. The van der Waals surface area contributed by atoms with Crippen molar-refractivity contribution in [2.24, 2.45) is 0 Å². The maximum Gasteiger partial charge on any atom is 0.274 e. The summed E-state index contributed by atoms with van der Waals surface area (Å²) in [6, 6.07) is 5.63. The van der Waals surface area contributed by atoms with Crippen LogP contribution < -0.4 is 4.74 Å². The summed E-state index contributed by atoms with van der Waals surface area (Å²) in [6.07, 6.45) is 8.79. The lowest BCUT2D eigenvalue weighted by Crippen LogP contribution is -2.46. The van der Waals surface area contributed by atoms with Crippen molar-refractivity contribution < 1.29 is 14.3 Å². The van der Waals surface area contributed by atoms with Crippen molar-refractivity contribution >= 4 is 5.91 Å². The Labute approximate surface area is 146 Å². The molecule has 4 heterocycles. The molecule has 0 aromatic carbocycles. The molecule has 0 radical (unpaired) electrons. The first-order valence-corrected chi connectivity index (χ1v) is 8.51. The number of amides is 1. The number of hydrogen-bond acceptors (Lipinski definition) is 6. The number of hydrogen-bond donors (Lipinski definition) is 0. The minimum atomic E-state index is -0.196. The Morgan fingerprint density at radius 2 is 2.08 bits per heavy atom. The Bertz CT molecular complexity index is 718. The summed E-state index contributed by atoms with van der Waals surface area (Å²) in [6.45, 7) is 1.88. The van der Waals surface area contributed by atoms with Crippen LogP contribution in [0.3, 0.4) is 0 Å². The molecule has 4 rings (SSSR count). The van der Waals surface area contributed by atoms with E-state index in [2.05, 4.69) is 15.0 Å². The Morgan fingerprint density at radius 3 is 2.80 bits per heavy atom. The maximum atomic E-state index is 12.5. The van der Waals surface area contributed by atoms with Crippen LogP contribution in [0.15, 0.2) is 43.0 Å². The zero-order valence-corrected chi connectivity index (χ0v) is 13.9. The average molecular weight is 340 g/mol. The van der Waals surface area contributed by atoms with Gasteiger partial charge in [-0.1, -0.05) is 6.07 Å². The van der Waals surface area contributed by atoms with Gasteiger partial charge < -0.3 is 14.4 Å². The van der Waals surface area contributed by atoms with E-state index in [1.54, 1.807) is 12.4 Å². The van der Waals surface area contributed by atoms with Crippen LogP contribution in [0, 0.1) is 0 Å². The van der Waals surface area contributed by atoms with Crippen LogP contribution >= 0.6 is 0 Å². The van der Waals surface area contributed by atoms with E-state index in [0.717, 1.165) is 19.3 Å². The van der Waals surface area contributed by atoms with Crippen molar-refractivity contribution in [3.8, 4) is 5.88 Å². The number of carbonyl (C=O) groups is 1. The highest BCUT2D eigenvalue weighted by Gasteiger charge is 2.44. The molecule has 130 valence electrons. The van der Waals surface area contributed by atoms with Crippen LogP contribution in [0.25, 0.3) is 0 Å². The number of likely N-dealkylation sites (tertiary alicyclic amines) is 1. The van der Waals surface area contributed by atoms with Crippen LogP contribution in [0.5, 0.6) is 5.88 Å². The number of rotatable bonds is 3. The van der Waals surface area contributed by atoms with Crippen LogP contribution in [-0.4, -0.2) is 57.2 Å². The third-order valence-corrected chi connectivity index (χ3v) is 4.84. The van der Waals surface area contributed by atoms with Crippen molar-refractivity contribution in [3.05, 3.63) is 48.7 Å². The van der Waals surface area contributed by atoms with Crippen molar-refractivity contribution in [2.45, 2.75) is 31.0 Å². The molecule has 0 saturated carbocycles. The number of carbonyl (C=O) groups excluding carboxylic acids is 1. The first-order chi connectivity index (χ1) is 12.2. The molecule has 2 fully saturated rings. The maximum absolute atomic E-state index is 12.5. The second-order valence-corrected chi connectivity index (χ2v) is 6.49. The van der Waals surface area contributed by atoms with E-state index in [0.29, 0.717) is 31.3 Å². The van der Waals surface area contributed by atoms with Gasteiger partial charge in [-0.25, -0.2) is 9.97 Å². The van der Waals surface area contributed by atoms with Crippen LogP contribution in [-0.2, 0) is 4.74 Å². The van der Waals surface area contributed by atoms with E-state index < -0.39 is 0 Å². The zero-order valence-electron chi connectivity index (χ0n) is 13.9. The molecule has 2 aromatic heterocycles. The molecule has 2 aromatic rings. The Balaban J connectivity index is 1.33. The molecular weight excluding hydrogens is 320 g/mol. The first-order valence-electron chi connectivity index (χ1n) is 8.51. The quantitative estimate of drug-likeness (QED) is 0.847. The highest BCUT2D eigenvalue weighted by molar-refractivity contribution is 5.92. The number of nitrogens with zero attached hydrogens (tertiary/aromatic N) is 4. The van der Waals surface area contributed by atoms with Gasteiger partial charge in [0.15, 0.2) is 0 Å². The van der Waals surface area contributed by atoms with E-state index in [4.69, 9.17) is 9.47 Å². The molecule has 1 spiro atoms. The smallest absolute Gasteiger partial charge is 0.274 e. The van der Waals surface area contributed by atoms with Gasteiger partial charge in [0.05, 0.1) is 18.4 Å². The SMILES string of the molecule is O=C(c1cnccn1)N1CCC2(CC1)C[C@@H](Oc1ccccn1)CO2. The Kier molecular flexibility index (Phi) is 4.31. The molecule has 2 aliphatic rings. The Hall–Kier alpha value is -2.54. The zero-order chi connectivity index (χ0) is 17.1. The van der Waals surface area contributed by atoms with Gasteiger partial charge in [0.25, 0.3) is 5.91 Å². The third-order valence-electron chi connectivity index (χ3n) is 4.84. The highest BCUT2D eigenvalue weighted by atomic mass is 16.6. The summed E-state index contributed by atoms with van der Waals surface area (Å²) in [5.74, 6) is 0.561. The molecule has 2 saturated heterocycles. The molecule has 0 bridgehead atoms. The topological polar surface area (TPSA) is 77.4 Å². The monoisotopic (exact) mass is 340 g/mol. The van der Waals surface area contributed by atoms with Gasteiger partial charge in [0, 0.05) is 44.2 Å². The minimum absolute atomic E-state index is 0.0112. The summed E-state index contributed by atoms with van der Waals surface area (Å²) in [5.41, 5.74) is 0.195. The van der Waals surface area contributed by atoms with Crippen LogP contribution in [0.2, 0.25) is 0 Å². The van der Waals surface area contributed by atoms with E-state index in [1.807, 2.05) is 23.1 Å². The predicted molar refractivity (Wildman–Crippen MR) is 89.1 cm³/mol. The molecule has 0 N–H and O–H groups in total.